The van der Waals surface area contributed by atoms with E-state index < -0.39 is 0 Å². The molecule has 0 bridgehead atoms. The molecule has 1 aliphatic heterocycles. The highest BCUT2D eigenvalue weighted by Crippen LogP contribution is 2.12. The van der Waals surface area contributed by atoms with Gasteiger partial charge in [-0.1, -0.05) is 0 Å². The van der Waals surface area contributed by atoms with Crippen molar-refractivity contribution in [1.29, 1.82) is 0 Å². The third-order valence-corrected chi connectivity index (χ3v) is 2.05. The van der Waals surface area contributed by atoms with Gasteiger partial charge in [0.2, 0.25) is 0 Å². The van der Waals surface area contributed by atoms with Crippen LogP contribution in [-0.4, -0.2) is 37.2 Å². The number of likely N-dealkylation sites (tertiary alicyclic amines) is 1. The van der Waals surface area contributed by atoms with Crippen molar-refractivity contribution in [2.45, 2.75) is 38.9 Å². The van der Waals surface area contributed by atoms with Crippen molar-refractivity contribution in [2.24, 2.45) is 0 Å². The van der Waals surface area contributed by atoms with Crippen molar-refractivity contribution in [3.8, 4) is 0 Å². The Morgan fingerprint density at radius 2 is 2.18 bits per heavy atom. The monoisotopic (exact) mass is 157 g/mol. The standard InChI is InChI=1S/C9H19NO/c1-8(2)11-9-5-4-6-10(3)7-9/h8-9H,4-7H2,1-3H3. The largest absolute Gasteiger partial charge is 0.374 e. The average Bonchev–Trinajstić information content (AvgIpc) is 1.85. The molecule has 0 amide bonds. The van der Waals surface area contributed by atoms with Gasteiger partial charge in [0, 0.05) is 6.54 Å². The van der Waals surface area contributed by atoms with Gasteiger partial charge < -0.3 is 9.64 Å². The van der Waals surface area contributed by atoms with Crippen molar-refractivity contribution in [1.82, 2.24) is 4.90 Å². The molecule has 0 aliphatic carbocycles. The topological polar surface area (TPSA) is 12.5 Å². The van der Waals surface area contributed by atoms with Crippen LogP contribution in [-0.2, 0) is 4.74 Å². The van der Waals surface area contributed by atoms with Crippen LogP contribution in [0.1, 0.15) is 26.7 Å². The minimum absolute atomic E-state index is 0.381. The SMILES string of the molecule is CC(C)OC1CCCN(C)C1. The van der Waals surface area contributed by atoms with E-state index in [1.165, 1.54) is 19.4 Å². The summed E-state index contributed by atoms with van der Waals surface area (Å²) in [4.78, 5) is 2.34. The zero-order valence-corrected chi connectivity index (χ0v) is 7.84. The number of hydrogen-bond acceptors (Lipinski definition) is 2. The second kappa shape index (κ2) is 4.07. The van der Waals surface area contributed by atoms with E-state index >= 15 is 0 Å². The van der Waals surface area contributed by atoms with Gasteiger partial charge in [-0.3, -0.25) is 0 Å². The van der Waals surface area contributed by atoms with E-state index in [9.17, 15) is 0 Å². The Labute approximate surface area is 69.5 Å². The minimum Gasteiger partial charge on any atom is -0.374 e. The highest BCUT2D eigenvalue weighted by atomic mass is 16.5. The van der Waals surface area contributed by atoms with Gasteiger partial charge in [0.25, 0.3) is 0 Å². The molecule has 0 aromatic carbocycles. The summed E-state index contributed by atoms with van der Waals surface area (Å²) >= 11 is 0. The molecule has 1 unspecified atom stereocenters. The number of likely N-dealkylation sites (N-methyl/N-ethyl adjacent to an activating group) is 1. The van der Waals surface area contributed by atoms with Gasteiger partial charge in [-0.25, -0.2) is 0 Å². The Bertz CT molecular complexity index is 112. The summed E-state index contributed by atoms with van der Waals surface area (Å²) in [5.74, 6) is 0. The lowest BCUT2D eigenvalue weighted by Gasteiger charge is -2.30. The van der Waals surface area contributed by atoms with Crippen LogP contribution in [0.4, 0.5) is 0 Å². The average molecular weight is 157 g/mol. The van der Waals surface area contributed by atoms with E-state index in [1.807, 2.05) is 0 Å². The molecule has 0 radical (unpaired) electrons. The van der Waals surface area contributed by atoms with Gasteiger partial charge in [-0.15, -0.1) is 0 Å². The van der Waals surface area contributed by atoms with Gasteiger partial charge >= 0.3 is 0 Å². The maximum Gasteiger partial charge on any atom is 0.0705 e. The third-order valence-electron chi connectivity index (χ3n) is 2.05. The molecule has 1 saturated heterocycles. The van der Waals surface area contributed by atoms with Gasteiger partial charge in [0.1, 0.15) is 0 Å². The Balaban J connectivity index is 2.23. The molecule has 2 heteroatoms. The Morgan fingerprint density at radius 1 is 1.45 bits per heavy atom. The zero-order valence-electron chi connectivity index (χ0n) is 7.84. The highest BCUT2D eigenvalue weighted by Gasteiger charge is 2.17. The Kier molecular flexibility index (Phi) is 3.34. The minimum atomic E-state index is 0.381. The van der Waals surface area contributed by atoms with Crippen molar-refractivity contribution in [3.63, 3.8) is 0 Å². The molecule has 0 saturated carbocycles. The molecule has 1 atom stereocenters. The van der Waals surface area contributed by atoms with Crippen molar-refractivity contribution in [3.05, 3.63) is 0 Å². The molecule has 1 aliphatic rings. The number of rotatable bonds is 2. The Hall–Kier alpha value is -0.0800. The second-order valence-corrected chi connectivity index (χ2v) is 3.71. The lowest BCUT2D eigenvalue weighted by atomic mass is 10.1. The van der Waals surface area contributed by atoms with Crippen molar-refractivity contribution >= 4 is 0 Å². The van der Waals surface area contributed by atoms with E-state index in [1.54, 1.807) is 0 Å². The van der Waals surface area contributed by atoms with Gasteiger partial charge in [0.15, 0.2) is 0 Å². The second-order valence-electron chi connectivity index (χ2n) is 3.71. The predicted octanol–water partition coefficient (Wildman–Crippen LogP) is 1.51. The van der Waals surface area contributed by atoms with E-state index in [0.29, 0.717) is 12.2 Å². The number of ether oxygens (including phenoxy) is 1. The fourth-order valence-corrected chi connectivity index (χ4v) is 1.62. The van der Waals surface area contributed by atoms with E-state index in [2.05, 4.69) is 25.8 Å². The van der Waals surface area contributed by atoms with Gasteiger partial charge in [-0.05, 0) is 40.3 Å². The molecule has 11 heavy (non-hydrogen) atoms. The molecule has 66 valence electrons. The van der Waals surface area contributed by atoms with Crippen LogP contribution < -0.4 is 0 Å². The van der Waals surface area contributed by atoms with Crippen LogP contribution in [0.2, 0.25) is 0 Å². The maximum atomic E-state index is 5.72. The van der Waals surface area contributed by atoms with Crippen LogP contribution >= 0.6 is 0 Å². The lowest BCUT2D eigenvalue weighted by molar-refractivity contribution is -0.0279. The molecule has 0 spiro atoms. The molecule has 0 aromatic heterocycles. The van der Waals surface area contributed by atoms with E-state index in [4.69, 9.17) is 4.74 Å². The molecule has 1 rings (SSSR count). The van der Waals surface area contributed by atoms with E-state index in [-0.39, 0.29) is 0 Å². The molecule has 0 aromatic rings. The summed E-state index contributed by atoms with van der Waals surface area (Å²) < 4.78 is 5.72. The summed E-state index contributed by atoms with van der Waals surface area (Å²) in [5, 5.41) is 0. The zero-order chi connectivity index (χ0) is 8.27. The predicted molar refractivity (Wildman–Crippen MR) is 46.7 cm³/mol. The number of hydrogen-bond donors (Lipinski definition) is 0. The maximum absolute atomic E-state index is 5.72. The van der Waals surface area contributed by atoms with Crippen LogP contribution in [0, 0.1) is 0 Å². The van der Waals surface area contributed by atoms with Gasteiger partial charge in [-0.2, -0.15) is 0 Å². The highest BCUT2D eigenvalue weighted by molar-refractivity contribution is 4.70. The first-order valence-corrected chi connectivity index (χ1v) is 4.52. The molecule has 1 heterocycles. The Morgan fingerprint density at radius 3 is 2.73 bits per heavy atom. The molecule has 2 nitrogen and oxygen atoms in total. The molecule has 1 fully saturated rings. The fraction of sp³-hybridized carbons (Fsp3) is 1.00. The normalized spacial score (nSPS) is 27.8. The smallest absolute Gasteiger partial charge is 0.0705 e. The fourth-order valence-electron chi connectivity index (χ4n) is 1.62. The van der Waals surface area contributed by atoms with Crippen LogP contribution in [0.15, 0.2) is 0 Å². The van der Waals surface area contributed by atoms with Crippen LogP contribution in [0.25, 0.3) is 0 Å². The quantitative estimate of drug-likeness (QED) is 0.602. The van der Waals surface area contributed by atoms with E-state index in [0.717, 1.165) is 6.54 Å². The number of nitrogens with zero attached hydrogens (tertiary/aromatic N) is 1. The first kappa shape index (κ1) is 9.01. The third kappa shape index (κ3) is 3.21. The van der Waals surface area contributed by atoms with Crippen molar-refractivity contribution < 1.29 is 4.74 Å². The van der Waals surface area contributed by atoms with Crippen LogP contribution in [0.5, 0.6) is 0 Å². The van der Waals surface area contributed by atoms with Crippen molar-refractivity contribution in [2.75, 3.05) is 20.1 Å². The summed E-state index contributed by atoms with van der Waals surface area (Å²) in [5.41, 5.74) is 0. The summed E-state index contributed by atoms with van der Waals surface area (Å²) in [6.45, 7) is 6.55. The van der Waals surface area contributed by atoms with Gasteiger partial charge in [0.05, 0.1) is 12.2 Å². The lowest BCUT2D eigenvalue weighted by Crippen LogP contribution is -2.38. The van der Waals surface area contributed by atoms with Crippen LogP contribution in [0.3, 0.4) is 0 Å². The molecular formula is C9H19NO. The number of piperidine rings is 1. The summed E-state index contributed by atoms with van der Waals surface area (Å²) in [6.07, 6.45) is 3.39. The summed E-state index contributed by atoms with van der Waals surface area (Å²) in [7, 11) is 2.16. The molecule has 0 N–H and O–H groups in total. The summed E-state index contributed by atoms with van der Waals surface area (Å²) in [6, 6.07) is 0. The first-order valence-electron chi connectivity index (χ1n) is 4.52. The first-order chi connectivity index (χ1) is 5.18. The molecular weight excluding hydrogens is 138 g/mol.